The van der Waals surface area contributed by atoms with E-state index in [9.17, 15) is 14.9 Å². The zero-order chi connectivity index (χ0) is 16.9. The Balaban J connectivity index is 2.90. The van der Waals surface area contributed by atoms with Crippen LogP contribution in [0.4, 0.5) is 10.5 Å². The predicted octanol–water partition coefficient (Wildman–Crippen LogP) is 2.82. The van der Waals surface area contributed by atoms with Crippen molar-refractivity contribution in [2.45, 2.75) is 32.3 Å². The molecular formula is C14H20ClN3O4. The summed E-state index contributed by atoms with van der Waals surface area (Å²) in [6.45, 7) is 5.42. The van der Waals surface area contributed by atoms with Crippen molar-refractivity contribution in [3.05, 3.63) is 38.9 Å². The van der Waals surface area contributed by atoms with Gasteiger partial charge in [0.15, 0.2) is 0 Å². The maximum Gasteiger partial charge on any atom is 0.407 e. The van der Waals surface area contributed by atoms with Crippen LogP contribution in [0.15, 0.2) is 18.2 Å². The molecule has 0 aromatic heterocycles. The standard InChI is InChI=1S/C14H20ClN3O4/c1-14(2,3)22-13(19)17-8-9(7-16)12-10(15)5-4-6-11(12)18(20)21/h4-6,9H,7-8,16H2,1-3H3,(H,17,19). The molecule has 0 heterocycles. The Morgan fingerprint density at radius 1 is 1.50 bits per heavy atom. The highest BCUT2D eigenvalue weighted by atomic mass is 35.5. The van der Waals surface area contributed by atoms with Gasteiger partial charge < -0.3 is 15.8 Å². The van der Waals surface area contributed by atoms with Gasteiger partial charge in [-0.2, -0.15) is 0 Å². The molecule has 0 aliphatic rings. The summed E-state index contributed by atoms with van der Waals surface area (Å²) in [6, 6.07) is 4.41. The highest BCUT2D eigenvalue weighted by Crippen LogP contribution is 2.32. The highest BCUT2D eigenvalue weighted by molar-refractivity contribution is 6.31. The van der Waals surface area contributed by atoms with Gasteiger partial charge in [0.25, 0.3) is 5.69 Å². The zero-order valence-electron chi connectivity index (χ0n) is 12.8. The second-order valence-electron chi connectivity index (χ2n) is 5.75. The maximum absolute atomic E-state index is 11.7. The molecule has 8 heteroatoms. The van der Waals surface area contributed by atoms with Crippen molar-refractivity contribution in [3.8, 4) is 0 Å². The van der Waals surface area contributed by atoms with Crippen LogP contribution in [-0.2, 0) is 4.74 Å². The quantitative estimate of drug-likeness (QED) is 0.638. The molecule has 0 radical (unpaired) electrons. The minimum atomic E-state index is -0.626. The van der Waals surface area contributed by atoms with Gasteiger partial charge in [0.2, 0.25) is 0 Å². The van der Waals surface area contributed by atoms with Crippen LogP contribution in [0.2, 0.25) is 5.02 Å². The summed E-state index contributed by atoms with van der Waals surface area (Å²) in [5, 5.41) is 13.9. The lowest BCUT2D eigenvalue weighted by Crippen LogP contribution is -2.36. The first kappa shape index (κ1) is 18.2. The summed E-state index contributed by atoms with van der Waals surface area (Å²) in [4.78, 5) is 22.3. The Morgan fingerprint density at radius 2 is 2.14 bits per heavy atom. The van der Waals surface area contributed by atoms with Crippen LogP contribution in [0.25, 0.3) is 0 Å². The number of nitro benzene ring substituents is 1. The number of hydrogen-bond acceptors (Lipinski definition) is 5. The number of nitrogens with two attached hydrogens (primary N) is 1. The van der Waals surface area contributed by atoms with Gasteiger partial charge in [0.05, 0.1) is 15.5 Å². The maximum atomic E-state index is 11.7. The summed E-state index contributed by atoms with van der Waals surface area (Å²) in [7, 11) is 0. The monoisotopic (exact) mass is 329 g/mol. The zero-order valence-corrected chi connectivity index (χ0v) is 13.5. The minimum Gasteiger partial charge on any atom is -0.444 e. The number of halogens is 1. The molecule has 3 N–H and O–H groups in total. The van der Waals surface area contributed by atoms with Crippen molar-refractivity contribution in [2.24, 2.45) is 5.73 Å². The third kappa shape index (κ3) is 5.16. The van der Waals surface area contributed by atoms with E-state index >= 15 is 0 Å². The van der Waals surface area contributed by atoms with E-state index in [1.54, 1.807) is 26.8 Å². The number of rotatable bonds is 5. The average molecular weight is 330 g/mol. The lowest BCUT2D eigenvalue weighted by Gasteiger charge is -2.22. The fourth-order valence-corrected chi connectivity index (χ4v) is 2.24. The van der Waals surface area contributed by atoms with Crippen molar-refractivity contribution < 1.29 is 14.5 Å². The van der Waals surface area contributed by atoms with E-state index in [4.69, 9.17) is 22.1 Å². The van der Waals surface area contributed by atoms with Crippen molar-refractivity contribution in [3.63, 3.8) is 0 Å². The molecule has 7 nitrogen and oxygen atoms in total. The lowest BCUT2D eigenvalue weighted by atomic mass is 9.97. The first-order valence-electron chi connectivity index (χ1n) is 6.75. The molecule has 0 fully saturated rings. The van der Waals surface area contributed by atoms with Crippen LogP contribution >= 0.6 is 11.6 Å². The molecule has 1 aromatic carbocycles. The van der Waals surface area contributed by atoms with Crippen LogP contribution in [0.5, 0.6) is 0 Å². The largest absolute Gasteiger partial charge is 0.444 e. The second-order valence-corrected chi connectivity index (χ2v) is 6.15. The smallest absolute Gasteiger partial charge is 0.407 e. The van der Waals surface area contributed by atoms with Crippen molar-refractivity contribution in [1.29, 1.82) is 0 Å². The SMILES string of the molecule is CC(C)(C)OC(=O)NCC(CN)c1c(Cl)cccc1[N+](=O)[O-]. The molecule has 122 valence electrons. The predicted molar refractivity (Wildman–Crippen MR) is 84.1 cm³/mol. The van der Waals surface area contributed by atoms with Gasteiger partial charge in [-0.15, -0.1) is 0 Å². The fraction of sp³-hybridized carbons (Fsp3) is 0.500. The van der Waals surface area contributed by atoms with Gasteiger partial charge in [-0.05, 0) is 26.8 Å². The summed E-state index contributed by atoms with van der Waals surface area (Å²) >= 11 is 6.06. The Hall–Kier alpha value is -1.86. The normalized spacial score (nSPS) is 12.6. The molecule has 0 spiro atoms. The van der Waals surface area contributed by atoms with Gasteiger partial charge in [-0.3, -0.25) is 10.1 Å². The summed E-state index contributed by atoms with van der Waals surface area (Å²) in [6.07, 6.45) is -0.611. The van der Waals surface area contributed by atoms with Crippen molar-refractivity contribution >= 4 is 23.4 Å². The number of carbonyl (C=O) groups excluding carboxylic acids is 1. The van der Waals surface area contributed by atoms with E-state index in [-0.39, 0.29) is 23.8 Å². The van der Waals surface area contributed by atoms with Gasteiger partial charge in [-0.1, -0.05) is 17.7 Å². The second kappa shape index (κ2) is 7.42. The number of nitrogens with one attached hydrogen (secondary N) is 1. The third-order valence-electron chi connectivity index (χ3n) is 2.81. The van der Waals surface area contributed by atoms with Crippen molar-refractivity contribution in [2.75, 3.05) is 13.1 Å². The van der Waals surface area contributed by atoms with Crippen LogP contribution in [0.3, 0.4) is 0 Å². The van der Waals surface area contributed by atoms with Crippen LogP contribution < -0.4 is 11.1 Å². The first-order chi connectivity index (χ1) is 10.2. The third-order valence-corrected chi connectivity index (χ3v) is 3.14. The van der Waals surface area contributed by atoms with Gasteiger partial charge >= 0.3 is 6.09 Å². The number of nitrogens with zero attached hydrogens (tertiary/aromatic N) is 1. The fourth-order valence-electron chi connectivity index (χ4n) is 1.91. The molecule has 1 rings (SSSR count). The van der Waals surface area contributed by atoms with Gasteiger partial charge in [-0.25, -0.2) is 4.79 Å². The highest BCUT2D eigenvalue weighted by Gasteiger charge is 2.25. The molecule has 0 aliphatic carbocycles. The molecular weight excluding hydrogens is 310 g/mol. The molecule has 0 saturated carbocycles. The number of ether oxygens (including phenoxy) is 1. The molecule has 0 aliphatic heterocycles. The average Bonchev–Trinajstić information content (AvgIpc) is 2.38. The number of alkyl carbamates (subject to hydrolysis) is 1. The first-order valence-corrected chi connectivity index (χ1v) is 7.13. The van der Waals surface area contributed by atoms with Crippen LogP contribution in [-0.4, -0.2) is 29.7 Å². The van der Waals surface area contributed by atoms with Crippen LogP contribution in [0.1, 0.15) is 32.3 Å². The van der Waals surface area contributed by atoms with Crippen molar-refractivity contribution in [1.82, 2.24) is 5.32 Å². The summed E-state index contributed by atoms with van der Waals surface area (Å²) in [5.41, 5.74) is 5.25. The van der Waals surface area contributed by atoms with E-state index < -0.39 is 22.5 Å². The van der Waals surface area contributed by atoms with Gasteiger partial charge in [0, 0.05) is 25.1 Å². The number of benzene rings is 1. The summed E-state index contributed by atoms with van der Waals surface area (Å²) < 4.78 is 5.12. The Kier molecular flexibility index (Phi) is 6.13. The Morgan fingerprint density at radius 3 is 2.64 bits per heavy atom. The van der Waals surface area contributed by atoms with E-state index in [1.165, 1.54) is 12.1 Å². The lowest BCUT2D eigenvalue weighted by molar-refractivity contribution is -0.385. The summed E-state index contributed by atoms with van der Waals surface area (Å²) in [5.74, 6) is -0.485. The number of amides is 1. The van der Waals surface area contributed by atoms with E-state index in [2.05, 4.69) is 5.32 Å². The Labute approximate surface area is 133 Å². The molecule has 1 amide bonds. The number of carbonyl (C=O) groups is 1. The molecule has 1 atom stereocenters. The molecule has 22 heavy (non-hydrogen) atoms. The molecule has 1 unspecified atom stereocenters. The Bertz CT molecular complexity index is 558. The van der Waals surface area contributed by atoms with Crippen LogP contribution in [0, 0.1) is 10.1 Å². The van der Waals surface area contributed by atoms with E-state index in [1.807, 2.05) is 0 Å². The molecule has 0 saturated heterocycles. The molecule has 0 bridgehead atoms. The van der Waals surface area contributed by atoms with E-state index in [0.717, 1.165) is 0 Å². The number of nitro groups is 1. The van der Waals surface area contributed by atoms with E-state index in [0.29, 0.717) is 5.56 Å². The molecule has 1 aromatic rings. The number of hydrogen-bond donors (Lipinski definition) is 2. The van der Waals surface area contributed by atoms with Gasteiger partial charge in [0.1, 0.15) is 5.60 Å². The minimum absolute atomic E-state index is 0.0932. The topological polar surface area (TPSA) is 107 Å².